The topological polar surface area (TPSA) is 117 Å². The van der Waals surface area contributed by atoms with Crippen LogP contribution in [0.1, 0.15) is 38.2 Å². The monoisotopic (exact) mass is 524 g/mol. The Morgan fingerprint density at radius 2 is 2.03 bits per heavy atom. The van der Waals surface area contributed by atoms with E-state index in [4.69, 9.17) is 9.47 Å². The van der Waals surface area contributed by atoms with Crippen molar-refractivity contribution < 1.29 is 31.9 Å². The van der Waals surface area contributed by atoms with E-state index in [0.29, 0.717) is 63.8 Å². The molecular weight excluding hydrogens is 491 g/mol. The van der Waals surface area contributed by atoms with Gasteiger partial charge >= 0.3 is 6.03 Å². The van der Waals surface area contributed by atoms with Crippen molar-refractivity contribution in [3.8, 4) is 0 Å². The fourth-order valence-electron chi connectivity index (χ4n) is 5.82. The van der Waals surface area contributed by atoms with Crippen LogP contribution in [0.25, 0.3) is 0 Å². The molecule has 36 heavy (non-hydrogen) atoms. The van der Waals surface area contributed by atoms with Crippen LogP contribution in [0.5, 0.6) is 0 Å². The maximum absolute atomic E-state index is 13.6. The summed E-state index contributed by atoms with van der Waals surface area (Å²) in [6.45, 7) is 4.17. The van der Waals surface area contributed by atoms with Gasteiger partial charge in [0.15, 0.2) is 0 Å². The van der Waals surface area contributed by atoms with Crippen LogP contribution >= 0.6 is 0 Å². The van der Waals surface area contributed by atoms with Crippen molar-refractivity contribution in [1.82, 2.24) is 19.8 Å². The number of likely N-dealkylation sites (tertiary alicyclic amines) is 2. The molecule has 0 saturated carbocycles. The van der Waals surface area contributed by atoms with E-state index in [-0.39, 0.29) is 48.2 Å². The molecule has 0 radical (unpaired) electrons. The standard InChI is InChI=1S/C24H33FN4O6S/c1-2-16-11-17(25)3-4-21(16)36(32,33)27-18-12-24(35-14-18)6-9-28(10-7-24)23(31)29-8-5-20-19(13-29)26-22(30)15-34-20/h3-4,11,18-20,27H,2,5-10,12-15H2,1H3,(H,26,30)/t18-,19?,20?/m1/s1. The van der Waals surface area contributed by atoms with E-state index in [1.807, 2.05) is 4.90 Å². The Labute approximate surface area is 210 Å². The third-order valence-corrected chi connectivity index (χ3v) is 9.38. The number of fused-ring (bicyclic) bond motifs is 1. The number of ether oxygens (including phenoxy) is 2. The predicted molar refractivity (Wildman–Crippen MR) is 127 cm³/mol. The number of carbonyl (C=O) groups is 2. The minimum atomic E-state index is -3.82. The molecule has 0 bridgehead atoms. The van der Waals surface area contributed by atoms with E-state index in [9.17, 15) is 22.4 Å². The average molecular weight is 525 g/mol. The smallest absolute Gasteiger partial charge is 0.320 e. The van der Waals surface area contributed by atoms with Crippen LogP contribution in [-0.4, -0.2) is 93.3 Å². The number of piperidine rings is 2. The molecular formula is C24H33FN4O6S. The Morgan fingerprint density at radius 1 is 1.25 bits per heavy atom. The fourth-order valence-corrected chi connectivity index (χ4v) is 7.33. The third kappa shape index (κ3) is 5.09. The fraction of sp³-hybridized carbons (Fsp3) is 0.667. The van der Waals surface area contributed by atoms with Gasteiger partial charge in [-0.3, -0.25) is 4.79 Å². The van der Waals surface area contributed by atoms with E-state index in [2.05, 4.69) is 10.0 Å². The summed E-state index contributed by atoms with van der Waals surface area (Å²) in [5, 5.41) is 2.92. The molecule has 4 aliphatic heterocycles. The highest BCUT2D eigenvalue weighted by molar-refractivity contribution is 7.89. The van der Waals surface area contributed by atoms with Gasteiger partial charge in [-0.25, -0.2) is 22.3 Å². The molecule has 10 nitrogen and oxygen atoms in total. The number of sulfonamides is 1. The highest BCUT2D eigenvalue weighted by Gasteiger charge is 2.46. The molecule has 12 heteroatoms. The second kappa shape index (κ2) is 9.88. The Kier molecular flexibility index (Phi) is 6.96. The minimum absolute atomic E-state index is 0.0488. The molecule has 0 aliphatic carbocycles. The van der Waals surface area contributed by atoms with Gasteiger partial charge in [-0.1, -0.05) is 6.92 Å². The quantitative estimate of drug-likeness (QED) is 0.607. The SMILES string of the molecule is CCc1cc(F)ccc1S(=O)(=O)N[C@H]1COC2(CCN(C(=O)N3CCC4OCC(=O)NC4C3)CC2)C1. The van der Waals surface area contributed by atoms with Crippen molar-refractivity contribution in [3.63, 3.8) is 0 Å². The summed E-state index contributed by atoms with van der Waals surface area (Å²) in [6.07, 6.45) is 2.80. The molecule has 0 aromatic heterocycles. The van der Waals surface area contributed by atoms with Crippen molar-refractivity contribution in [2.45, 2.75) is 67.7 Å². The van der Waals surface area contributed by atoms with E-state index in [1.54, 1.807) is 11.8 Å². The lowest BCUT2D eigenvalue weighted by molar-refractivity contribution is -0.139. The van der Waals surface area contributed by atoms with Crippen molar-refractivity contribution >= 4 is 22.0 Å². The van der Waals surface area contributed by atoms with E-state index in [0.717, 1.165) is 6.07 Å². The first-order valence-electron chi connectivity index (χ1n) is 12.6. The number of hydrogen-bond donors (Lipinski definition) is 2. The number of urea groups is 1. The Balaban J connectivity index is 1.15. The van der Waals surface area contributed by atoms with Crippen molar-refractivity contribution in [3.05, 3.63) is 29.6 Å². The van der Waals surface area contributed by atoms with Gasteiger partial charge in [-0.05, 0) is 55.9 Å². The highest BCUT2D eigenvalue weighted by Crippen LogP contribution is 2.37. The summed E-state index contributed by atoms with van der Waals surface area (Å²) >= 11 is 0. The van der Waals surface area contributed by atoms with Crippen LogP contribution in [0, 0.1) is 5.82 Å². The average Bonchev–Trinajstić information content (AvgIpc) is 3.24. The largest absolute Gasteiger partial charge is 0.373 e. The van der Waals surface area contributed by atoms with Gasteiger partial charge in [0.05, 0.1) is 29.2 Å². The van der Waals surface area contributed by atoms with Gasteiger partial charge in [-0.2, -0.15) is 0 Å². The first kappa shape index (κ1) is 25.4. The molecule has 1 aromatic carbocycles. The van der Waals surface area contributed by atoms with E-state index in [1.165, 1.54) is 12.1 Å². The van der Waals surface area contributed by atoms with Gasteiger partial charge in [0.2, 0.25) is 15.9 Å². The molecule has 2 unspecified atom stereocenters. The molecule has 2 N–H and O–H groups in total. The van der Waals surface area contributed by atoms with E-state index < -0.39 is 21.4 Å². The third-order valence-electron chi connectivity index (χ3n) is 7.76. The number of nitrogens with zero attached hydrogens (tertiary/aromatic N) is 2. The van der Waals surface area contributed by atoms with Gasteiger partial charge < -0.3 is 24.6 Å². The molecule has 198 valence electrons. The summed E-state index contributed by atoms with van der Waals surface area (Å²) in [7, 11) is -3.82. The second-order valence-electron chi connectivity index (χ2n) is 10.1. The first-order valence-corrected chi connectivity index (χ1v) is 14.1. The molecule has 1 aromatic rings. The number of nitrogens with one attached hydrogen (secondary N) is 2. The van der Waals surface area contributed by atoms with Crippen molar-refractivity contribution in [2.75, 3.05) is 39.4 Å². The van der Waals surface area contributed by atoms with Crippen molar-refractivity contribution in [1.29, 1.82) is 0 Å². The number of amides is 3. The second-order valence-corrected chi connectivity index (χ2v) is 11.8. The number of morpholine rings is 1. The number of carbonyl (C=O) groups excluding carboxylic acids is 2. The summed E-state index contributed by atoms with van der Waals surface area (Å²) in [4.78, 5) is 28.5. The van der Waals surface area contributed by atoms with Crippen molar-refractivity contribution in [2.24, 2.45) is 0 Å². The maximum atomic E-state index is 13.6. The van der Waals surface area contributed by atoms with Crippen LogP contribution in [0.3, 0.4) is 0 Å². The van der Waals surface area contributed by atoms with Crippen LogP contribution in [0.2, 0.25) is 0 Å². The van der Waals surface area contributed by atoms with Gasteiger partial charge in [-0.15, -0.1) is 0 Å². The Hall–Kier alpha value is -2.28. The minimum Gasteiger partial charge on any atom is -0.373 e. The summed E-state index contributed by atoms with van der Waals surface area (Å²) in [5.41, 5.74) is -0.0373. The van der Waals surface area contributed by atoms with Gasteiger partial charge in [0, 0.05) is 32.2 Å². The summed E-state index contributed by atoms with van der Waals surface area (Å²) in [5.74, 6) is -0.615. The lowest BCUT2D eigenvalue weighted by Gasteiger charge is -2.44. The summed E-state index contributed by atoms with van der Waals surface area (Å²) < 4.78 is 54.0. The molecule has 4 fully saturated rings. The number of rotatable bonds is 4. The first-order chi connectivity index (χ1) is 17.2. The molecule has 1 spiro atoms. The lowest BCUT2D eigenvalue weighted by Crippen LogP contribution is -2.63. The number of hydrogen-bond acceptors (Lipinski definition) is 6. The molecule has 4 aliphatic rings. The van der Waals surface area contributed by atoms with Crippen LogP contribution in [-0.2, 0) is 30.7 Å². The van der Waals surface area contributed by atoms with Gasteiger partial charge in [0.25, 0.3) is 0 Å². The maximum Gasteiger partial charge on any atom is 0.320 e. The van der Waals surface area contributed by atoms with Crippen LogP contribution < -0.4 is 10.0 Å². The van der Waals surface area contributed by atoms with Crippen LogP contribution in [0.15, 0.2) is 23.1 Å². The zero-order chi connectivity index (χ0) is 25.5. The number of benzene rings is 1. The molecule has 4 heterocycles. The van der Waals surface area contributed by atoms with Crippen LogP contribution in [0.4, 0.5) is 9.18 Å². The number of aryl methyl sites for hydroxylation is 1. The molecule has 3 atom stereocenters. The zero-order valence-corrected chi connectivity index (χ0v) is 21.2. The molecule has 3 amide bonds. The predicted octanol–water partition coefficient (Wildman–Crippen LogP) is 0.999. The highest BCUT2D eigenvalue weighted by atomic mass is 32.2. The Morgan fingerprint density at radius 3 is 2.78 bits per heavy atom. The Bertz CT molecular complexity index is 1120. The van der Waals surface area contributed by atoms with Gasteiger partial charge in [0.1, 0.15) is 12.4 Å². The molecule has 4 saturated heterocycles. The zero-order valence-electron chi connectivity index (χ0n) is 20.4. The van der Waals surface area contributed by atoms with E-state index >= 15 is 0 Å². The number of halogens is 1. The normalized spacial score (nSPS) is 28.2. The molecule has 5 rings (SSSR count). The summed E-state index contributed by atoms with van der Waals surface area (Å²) in [6, 6.07) is 3.10. The lowest BCUT2D eigenvalue weighted by atomic mass is 9.87.